The third-order valence-corrected chi connectivity index (χ3v) is 3.86. The van der Waals surface area contributed by atoms with Crippen molar-refractivity contribution in [2.24, 2.45) is 0 Å². The SMILES string of the molecule is CNC1(N2CCOCC2)CCN(C=O)CC1. The zero-order chi connectivity index (χ0) is 11.4. The Morgan fingerprint density at radius 2 is 1.81 bits per heavy atom. The van der Waals surface area contributed by atoms with Crippen molar-refractivity contribution in [3.8, 4) is 0 Å². The molecular formula is C11H21N3O2. The number of carbonyl (C=O) groups is 1. The maximum atomic E-state index is 10.7. The van der Waals surface area contributed by atoms with Crippen LogP contribution in [0, 0.1) is 0 Å². The molecule has 0 aromatic heterocycles. The predicted octanol–water partition coefficient (Wildman–Crippen LogP) is -0.513. The standard InChI is InChI=1S/C11H21N3O2/c1-12-11(14-6-8-16-9-7-14)2-4-13(10-15)5-3-11/h10,12H,2-9H2,1H3. The number of piperidine rings is 1. The van der Waals surface area contributed by atoms with Gasteiger partial charge in [0.05, 0.1) is 18.9 Å². The van der Waals surface area contributed by atoms with Crippen molar-refractivity contribution in [3.05, 3.63) is 0 Å². The van der Waals surface area contributed by atoms with E-state index in [1.54, 1.807) is 0 Å². The molecule has 0 radical (unpaired) electrons. The summed E-state index contributed by atoms with van der Waals surface area (Å²) in [6.07, 6.45) is 2.96. The summed E-state index contributed by atoms with van der Waals surface area (Å²) >= 11 is 0. The molecule has 0 aromatic carbocycles. The fraction of sp³-hybridized carbons (Fsp3) is 0.909. The van der Waals surface area contributed by atoms with Gasteiger partial charge in [-0.25, -0.2) is 0 Å². The first kappa shape index (κ1) is 11.8. The second-order valence-corrected chi connectivity index (χ2v) is 4.52. The third kappa shape index (κ3) is 2.21. The highest BCUT2D eigenvalue weighted by Crippen LogP contribution is 2.26. The highest BCUT2D eigenvalue weighted by Gasteiger charge is 2.38. The molecule has 0 atom stereocenters. The van der Waals surface area contributed by atoms with Crippen LogP contribution in [-0.2, 0) is 9.53 Å². The number of likely N-dealkylation sites (tertiary alicyclic amines) is 1. The van der Waals surface area contributed by atoms with Gasteiger partial charge in [0.2, 0.25) is 6.41 Å². The van der Waals surface area contributed by atoms with Crippen molar-refractivity contribution in [1.82, 2.24) is 15.1 Å². The number of ether oxygens (including phenoxy) is 1. The summed E-state index contributed by atoms with van der Waals surface area (Å²) in [6.45, 7) is 5.31. The lowest BCUT2D eigenvalue weighted by Gasteiger charge is -2.49. The van der Waals surface area contributed by atoms with E-state index in [9.17, 15) is 4.79 Å². The molecule has 1 N–H and O–H groups in total. The van der Waals surface area contributed by atoms with Gasteiger partial charge in [-0.2, -0.15) is 0 Å². The van der Waals surface area contributed by atoms with Gasteiger partial charge in [-0.05, 0) is 19.9 Å². The summed E-state index contributed by atoms with van der Waals surface area (Å²) in [6, 6.07) is 0. The minimum atomic E-state index is 0.0727. The Labute approximate surface area is 96.7 Å². The Balaban J connectivity index is 1.99. The van der Waals surface area contributed by atoms with E-state index < -0.39 is 0 Å². The van der Waals surface area contributed by atoms with E-state index in [0.717, 1.165) is 58.6 Å². The molecule has 2 aliphatic heterocycles. The quantitative estimate of drug-likeness (QED) is 0.659. The first-order valence-corrected chi connectivity index (χ1v) is 6.02. The van der Waals surface area contributed by atoms with Crippen LogP contribution in [0.15, 0.2) is 0 Å². The molecule has 16 heavy (non-hydrogen) atoms. The Hall–Kier alpha value is -0.650. The first-order chi connectivity index (χ1) is 7.80. The molecular weight excluding hydrogens is 206 g/mol. The summed E-state index contributed by atoms with van der Waals surface area (Å²) in [4.78, 5) is 15.0. The second-order valence-electron chi connectivity index (χ2n) is 4.52. The molecule has 92 valence electrons. The van der Waals surface area contributed by atoms with E-state index in [1.807, 2.05) is 11.9 Å². The molecule has 2 heterocycles. The smallest absolute Gasteiger partial charge is 0.209 e. The van der Waals surface area contributed by atoms with Crippen molar-refractivity contribution in [1.29, 1.82) is 0 Å². The largest absolute Gasteiger partial charge is 0.379 e. The molecule has 0 unspecified atom stereocenters. The van der Waals surface area contributed by atoms with E-state index in [-0.39, 0.29) is 5.66 Å². The van der Waals surface area contributed by atoms with Gasteiger partial charge in [0.1, 0.15) is 0 Å². The van der Waals surface area contributed by atoms with E-state index in [4.69, 9.17) is 4.74 Å². The Morgan fingerprint density at radius 3 is 2.31 bits per heavy atom. The lowest BCUT2D eigenvalue weighted by atomic mass is 9.94. The van der Waals surface area contributed by atoms with Crippen LogP contribution in [0.2, 0.25) is 0 Å². The fourth-order valence-electron chi connectivity index (χ4n) is 2.72. The van der Waals surface area contributed by atoms with Crippen molar-refractivity contribution >= 4 is 6.41 Å². The molecule has 0 aliphatic carbocycles. The van der Waals surface area contributed by atoms with E-state index in [0.29, 0.717) is 0 Å². The second kappa shape index (κ2) is 5.12. The van der Waals surface area contributed by atoms with Gasteiger partial charge >= 0.3 is 0 Å². The lowest BCUT2D eigenvalue weighted by Crippen LogP contribution is -2.64. The van der Waals surface area contributed by atoms with Crippen molar-refractivity contribution in [2.45, 2.75) is 18.5 Å². The summed E-state index contributed by atoms with van der Waals surface area (Å²) in [5.41, 5.74) is 0.0727. The molecule has 5 nitrogen and oxygen atoms in total. The normalized spacial score (nSPS) is 26.7. The van der Waals surface area contributed by atoms with E-state index in [1.165, 1.54) is 0 Å². The van der Waals surface area contributed by atoms with Crippen LogP contribution in [0.4, 0.5) is 0 Å². The van der Waals surface area contributed by atoms with Crippen LogP contribution in [0.25, 0.3) is 0 Å². The third-order valence-electron chi connectivity index (χ3n) is 3.86. The van der Waals surface area contributed by atoms with Gasteiger partial charge in [-0.15, -0.1) is 0 Å². The molecule has 0 aromatic rings. The first-order valence-electron chi connectivity index (χ1n) is 6.02. The molecule has 1 amide bonds. The van der Waals surface area contributed by atoms with Crippen molar-refractivity contribution < 1.29 is 9.53 Å². The van der Waals surface area contributed by atoms with Crippen molar-refractivity contribution in [2.75, 3.05) is 46.4 Å². The fourth-order valence-corrected chi connectivity index (χ4v) is 2.72. The monoisotopic (exact) mass is 227 g/mol. The number of carbonyl (C=O) groups excluding carboxylic acids is 1. The Morgan fingerprint density at radius 1 is 1.19 bits per heavy atom. The van der Waals surface area contributed by atoms with Gasteiger partial charge in [-0.1, -0.05) is 0 Å². The van der Waals surface area contributed by atoms with E-state index in [2.05, 4.69) is 10.2 Å². The van der Waals surface area contributed by atoms with Crippen molar-refractivity contribution in [3.63, 3.8) is 0 Å². The summed E-state index contributed by atoms with van der Waals surface area (Å²) in [5.74, 6) is 0. The number of amides is 1. The lowest BCUT2D eigenvalue weighted by molar-refractivity contribution is -0.122. The molecule has 2 rings (SSSR count). The van der Waals surface area contributed by atoms with Gasteiger partial charge in [0, 0.05) is 26.2 Å². The van der Waals surface area contributed by atoms with Crippen LogP contribution < -0.4 is 5.32 Å². The van der Waals surface area contributed by atoms with Crippen LogP contribution in [-0.4, -0.2) is 68.3 Å². The van der Waals surface area contributed by atoms with Gasteiger partial charge in [0.15, 0.2) is 0 Å². The molecule has 0 spiro atoms. The number of hydrogen-bond donors (Lipinski definition) is 1. The molecule has 2 fully saturated rings. The minimum absolute atomic E-state index is 0.0727. The van der Waals surface area contributed by atoms with Gasteiger partial charge in [-0.3, -0.25) is 9.69 Å². The Bertz CT molecular complexity index is 233. The molecule has 2 aliphatic rings. The molecule has 0 saturated carbocycles. The highest BCUT2D eigenvalue weighted by molar-refractivity contribution is 5.47. The average Bonchev–Trinajstić information content (AvgIpc) is 2.40. The average molecular weight is 227 g/mol. The predicted molar refractivity (Wildman–Crippen MR) is 61.1 cm³/mol. The Kier molecular flexibility index (Phi) is 3.78. The van der Waals surface area contributed by atoms with Crippen LogP contribution in [0.1, 0.15) is 12.8 Å². The number of nitrogens with zero attached hydrogens (tertiary/aromatic N) is 2. The number of nitrogens with one attached hydrogen (secondary N) is 1. The highest BCUT2D eigenvalue weighted by atomic mass is 16.5. The van der Waals surface area contributed by atoms with Crippen LogP contribution in [0.5, 0.6) is 0 Å². The van der Waals surface area contributed by atoms with Gasteiger partial charge in [0.25, 0.3) is 0 Å². The van der Waals surface area contributed by atoms with Gasteiger partial charge < -0.3 is 15.0 Å². The summed E-state index contributed by atoms with van der Waals surface area (Å²) in [5, 5.41) is 3.46. The number of morpholine rings is 1. The summed E-state index contributed by atoms with van der Waals surface area (Å²) in [7, 11) is 2.02. The zero-order valence-corrected chi connectivity index (χ0v) is 9.95. The zero-order valence-electron chi connectivity index (χ0n) is 9.95. The maximum absolute atomic E-state index is 10.7. The maximum Gasteiger partial charge on any atom is 0.209 e. The summed E-state index contributed by atoms with van der Waals surface area (Å²) < 4.78 is 5.39. The molecule has 5 heteroatoms. The minimum Gasteiger partial charge on any atom is -0.379 e. The van der Waals surface area contributed by atoms with E-state index >= 15 is 0 Å². The molecule has 2 saturated heterocycles. The molecule has 0 bridgehead atoms. The number of rotatable bonds is 3. The topological polar surface area (TPSA) is 44.8 Å². The van der Waals surface area contributed by atoms with Crippen LogP contribution >= 0.6 is 0 Å². The number of hydrogen-bond acceptors (Lipinski definition) is 4. The van der Waals surface area contributed by atoms with Crippen LogP contribution in [0.3, 0.4) is 0 Å².